The summed E-state index contributed by atoms with van der Waals surface area (Å²) in [6, 6.07) is 8.53. The minimum atomic E-state index is -0.862. The minimum absolute atomic E-state index is 0.00285. The first-order valence-electron chi connectivity index (χ1n) is 25.5. The Kier molecular flexibility index (Phi) is 16.9. The van der Waals surface area contributed by atoms with Gasteiger partial charge in [0.2, 0.25) is 5.91 Å². The van der Waals surface area contributed by atoms with Crippen molar-refractivity contribution in [2.75, 3.05) is 26.4 Å². The van der Waals surface area contributed by atoms with Gasteiger partial charge in [0.25, 0.3) is 0 Å². The summed E-state index contributed by atoms with van der Waals surface area (Å²) in [6.45, 7) is 24.5. The highest BCUT2D eigenvalue weighted by atomic mass is 16.5. The minimum Gasteiger partial charge on any atom is -0.508 e. The van der Waals surface area contributed by atoms with Gasteiger partial charge in [0.15, 0.2) is 0 Å². The number of carboxylic acids is 1. The smallest absolute Gasteiger partial charge is 0.331 e. The molecule has 0 aromatic heterocycles. The van der Waals surface area contributed by atoms with E-state index < -0.39 is 11.6 Å². The van der Waals surface area contributed by atoms with Gasteiger partial charge < -0.3 is 45.3 Å². The van der Waals surface area contributed by atoms with Crippen molar-refractivity contribution in [2.24, 2.45) is 17.6 Å². The van der Waals surface area contributed by atoms with Gasteiger partial charge in [-0.05, 0) is 112 Å². The molecule has 0 spiro atoms. The fourth-order valence-corrected chi connectivity index (χ4v) is 11.1. The molecule has 0 unspecified atom stereocenters. The number of carbonyl (C=O) groups is 2. The van der Waals surface area contributed by atoms with Crippen LogP contribution in [0.25, 0.3) is 0 Å². The number of rotatable bonds is 15. The molecule has 372 valence electrons. The molecule has 0 radical (unpaired) electrons. The number of benzene rings is 2. The van der Waals surface area contributed by atoms with Gasteiger partial charge in [0, 0.05) is 45.9 Å². The van der Waals surface area contributed by atoms with Crippen LogP contribution in [-0.4, -0.2) is 76.9 Å². The van der Waals surface area contributed by atoms with Crippen LogP contribution in [-0.2, 0) is 29.9 Å². The van der Waals surface area contributed by atoms with Crippen LogP contribution in [0.1, 0.15) is 193 Å². The van der Waals surface area contributed by atoms with Crippen LogP contribution >= 0.6 is 0 Å². The largest absolute Gasteiger partial charge is 0.508 e. The van der Waals surface area contributed by atoms with Gasteiger partial charge in [-0.3, -0.25) is 4.79 Å². The van der Waals surface area contributed by atoms with Crippen LogP contribution in [0.15, 0.2) is 47.6 Å². The maximum atomic E-state index is 12.8. The number of allylic oxidation sites excluding steroid dienone is 2. The molecule has 1 amide bonds. The Labute approximate surface area is 401 Å². The third kappa shape index (κ3) is 12.4. The van der Waals surface area contributed by atoms with Gasteiger partial charge in [-0.1, -0.05) is 105 Å². The molecular formula is C56H84N2O9. The zero-order valence-electron chi connectivity index (χ0n) is 42.5. The molecule has 8 rings (SSSR count). The third-order valence-corrected chi connectivity index (χ3v) is 15.7. The number of carbonyl (C=O) groups excluding carboxylic acids is 1. The third-order valence-electron chi connectivity index (χ3n) is 15.7. The number of phenolic OH excluding ortho intramolecular Hbond substituents is 2. The van der Waals surface area contributed by atoms with Crippen molar-refractivity contribution < 1.29 is 43.9 Å². The molecule has 4 aliphatic heterocycles. The van der Waals surface area contributed by atoms with E-state index in [0.717, 1.165) is 71.8 Å². The summed E-state index contributed by atoms with van der Waals surface area (Å²) < 4.78 is 22.8. The highest BCUT2D eigenvalue weighted by molar-refractivity contribution is 5.94. The van der Waals surface area contributed by atoms with E-state index >= 15 is 0 Å². The van der Waals surface area contributed by atoms with E-state index in [2.05, 4.69) is 92.8 Å². The van der Waals surface area contributed by atoms with E-state index in [1.54, 1.807) is 0 Å². The highest BCUT2D eigenvalue weighted by Crippen LogP contribution is 2.57. The summed E-state index contributed by atoms with van der Waals surface area (Å²) in [5.41, 5.74) is 9.51. The van der Waals surface area contributed by atoms with Gasteiger partial charge in [0.1, 0.15) is 34.2 Å². The van der Waals surface area contributed by atoms with Crippen LogP contribution in [0.5, 0.6) is 23.0 Å². The predicted octanol–water partition coefficient (Wildman–Crippen LogP) is 11.4. The maximum absolute atomic E-state index is 12.8. The van der Waals surface area contributed by atoms with Crippen molar-refractivity contribution in [2.45, 2.75) is 205 Å². The number of hydrogen-bond donors (Lipinski definition) is 5. The van der Waals surface area contributed by atoms with Crippen LogP contribution in [0, 0.1) is 11.8 Å². The molecule has 4 atom stereocenters. The highest BCUT2D eigenvalue weighted by Gasteiger charge is 2.49. The number of ether oxygens (including phenoxy) is 4. The topological polar surface area (TPSA) is 170 Å². The Hall–Kier alpha value is -4.06. The SMILES string of the molecule is CCCCCCC(C)(C)c1cc(O)c2c(c1)OC(C)(C)[C@@H]1CC=C(C(=O)NC3COC3)C[C@@H]21.CCCCCCC(C)(C)c1cc(O)c2c(c1)OC(C)(C)[C@@H]1CC=C(C(=O)O)C[C@@H]21.NC1COC1. The van der Waals surface area contributed by atoms with Crippen molar-refractivity contribution in [3.63, 3.8) is 0 Å². The molecule has 11 heteroatoms. The van der Waals surface area contributed by atoms with Gasteiger partial charge >= 0.3 is 5.97 Å². The Balaban J connectivity index is 0.000000201. The lowest BCUT2D eigenvalue weighted by molar-refractivity contribution is -0.133. The summed E-state index contributed by atoms with van der Waals surface area (Å²) in [5.74, 6) is 1.59. The van der Waals surface area contributed by atoms with Gasteiger partial charge in [0.05, 0.1) is 38.5 Å². The van der Waals surface area contributed by atoms with Crippen LogP contribution in [0.3, 0.4) is 0 Å². The predicted molar refractivity (Wildman–Crippen MR) is 265 cm³/mol. The number of hydrogen-bond acceptors (Lipinski definition) is 9. The molecule has 6 aliphatic rings. The van der Waals surface area contributed by atoms with Crippen molar-refractivity contribution in [1.82, 2.24) is 5.32 Å². The van der Waals surface area contributed by atoms with Gasteiger partial charge in [-0.25, -0.2) is 4.79 Å². The number of nitrogens with one attached hydrogen (secondary N) is 1. The Morgan fingerprint density at radius 3 is 1.46 bits per heavy atom. The maximum Gasteiger partial charge on any atom is 0.331 e. The zero-order chi connectivity index (χ0) is 48.9. The number of aliphatic carboxylic acids is 1. The zero-order valence-corrected chi connectivity index (χ0v) is 42.5. The normalized spacial score (nSPS) is 23.7. The molecule has 2 aromatic carbocycles. The average molecular weight is 929 g/mol. The van der Waals surface area contributed by atoms with E-state index in [1.807, 2.05) is 18.2 Å². The first kappa shape index (κ1) is 52.3. The van der Waals surface area contributed by atoms with Crippen molar-refractivity contribution in [3.05, 3.63) is 69.8 Å². The summed E-state index contributed by atoms with van der Waals surface area (Å²) in [5, 5.41) is 34.8. The van der Waals surface area contributed by atoms with Crippen LogP contribution in [0.2, 0.25) is 0 Å². The van der Waals surface area contributed by atoms with Crippen molar-refractivity contribution in [3.8, 4) is 23.0 Å². The second-order valence-corrected chi connectivity index (χ2v) is 22.7. The number of fused-ring (bicyclic) bond motifs is 6. The van der Waals surface area contributed by atoms with E-state index in [0.29, 0.717) is 49.8 Å². The molecular weight excluding hydrogens is 845 g/mol. The Morgan fingerprint density at radius 2 is 1.09 bits per heavy atom. The number of nitrogens with two attached hydrogens (primary N) is 1. The molecule has 67 heavy (non-hydrogen) atoms. The van der Waals surface area contributed by atoms with Gasteiger partial charge in [-0.15, -0.1) is 0 Å². The van der Waals surface area contributed by atoms with Crippen molar-refractivity contribution in [1.29, 1.82) is 0 Å². The molecule has 2 saturated heterocycles. The number of phenols is 2. The summed E-state index contributed by atoms with van der Waals surface area (Å²) >= 11 is 0. The molecule has 2 aliphatic carbocycles. The van der Waals surface area contributed by atoms with Crippen LogP contribution < -0.4 is 20.5 Å². The Morgan fingerprint density at radius 1 is 0.672 bits per heavy atom. The number of carboxylic acid groups (broad SMARTS) is 1. The molecule has 4 heterocycles. The lowest BCUT2D eigenvalue weighted by Gasteiger charge is -2.47. The standard InChI is InChI=1S/C28H41NO4.C25H36O4.C3H7NO/c1-6-7-8-9-12-27(2,3)19-14-23(30)25-21-13-18(26(31)29-20-16-32-17-20)10-11-22(21)28(4,5)33-24(25)15-19;1-6-7-8-9-12-24(2,3)17-14-20(26)22-18-13-16(23(27)28)10-11-19(18)25(4,5)29-21(22)15-17;4-3-1-5-2-3/h10,14-15,20-22,30H,6-9,11-13,16-17H2,1-5H3,(H,29,31);10,14-15,18-19,26H,6-9,11-13H2,1-5H3,(H,27,28);3H,1-2,4H2/t21-,22-;18-,19-;/m11./s1. The van der Waals surface area contributed by atoms with E-state index in [9.17, 15) is 24.9 Å². The van der Waals surface area contributed by atoms with E-state index in [-0.39, 0.29) is 57.8 Å². The second kappa shape index (κ2) is 21.7. The van der Waals surface area contributed by atoms with Crippen LogP contribution in [0.4, 0.5) is 0 Å². The molecule has 11 nitrogen and oxygen atoms in total. The van der Waals surface area contributed by atoms with Crippen molar-refractivity contribution >= 4 is 11.9 Å². The molecule has 0 bridgehead atoms. The first-order chi connectivity index (χ1) is 31.6. The summed E-state index contributed by atoms with van der Waals surface area (Å²) in [6.07, 6.45) is 18.3. The fraction of sp³-hybridized carbons (Fsp3) is 0.679. The summed E-state index contributed by atoms with van der Waals surface area (Å²) in [4.78, 5) is 24.4. The fourth-order valence-electron chi connectivity index (χ4n) is 11.1. The molecule has 2 aromatic rings. The monoisotopic (exact) mass is 929 g/mol. The number of amides is 1. The lowest BCUT2D eigenvalue weighted by Crippen LogP contribution is -2.50. The quantitative estimate of drug-likeness (QED) is 0.108. The van der Waals surface area contributed by atoms with E-state index in [1.165, 1.54) is 51.4 Å². The lowest BCUT2D eigenvalue weighted by atomic mass is 9.66. The number of unbranched alkanes of at least 4 members (excludes halogenated alkanes) is 6. The molecule has 2 fully saturated rings. The summed E-state index contributed by atoms with van der Waals surface area (Å²) in [7, 11) is 0. The number of aromatic hydroxyl groups is 2. The average Bonchev–Trinajstić information content (AvgIpc) is 3.23. The van der Waals surface area contributed by atoms with E-state index in [4.69, 9.17) is 24.7 Å². The molecule has 0 saturated carbocycles. The Bertz CT molecular complexity index is 2110. The van der Waals surface area contributed by atoms with Gasteiger partial charge in [-0.2, -0.15) is 0 Å². The first-order valence-corrected chi connectivity index (χ1v) is 25.5. The second-order valence-electron chi connectivity index (χ2n) is 22.7. The molecule has 6 N–H and O–H groups in total.